The molecule has 0 fully saturated rings. The van der Waals surface area contributed by atoms with Crippen molar-refractivity contribution in [2.45, 2.75) is 13.8 Å². The highest BCUT2D eigenvalue weighted by atomic mass is 16.6. The Balaban J connectivity index is 1.67. The van der Waals surface area contributed by atoms with E-state index in [0.29, 0.717) is 5.69 Å². The molecule has 1 heterocycles. The third kappa shape index (κ3) is 3.33. The Bertz CT molecular complexity index is 1280. The summed E-state index contributed by atoms with van der Waals surface area (Å²) in [7, 11) is 0. The van der Waals surface area contributed by atoms with Gasteiger partial charge in [-0.25, -0.2) is 4.90 Å². The number of benzene rings is 3. The molecule has 8 nitrogen and oxygen atoms in total. The van der Waals surface area contributed by atoms with E-state index in [0.717, 1.165) is 16.0 Å². The van der Waals surface area contributed by atoms with Crippen LogP contribution < -0.4 is 10.2 Å². The third-order valence-corrected chi connectivity index (χ3v) is 5.31. The Labute approximate surface area is 177 Å². The monoisotopic (exact) mass is 415 g/mol. The van der Waals surface area contributed by atoms with E-state index in [1.807, 2.05) is 26.0 Å². The van der Waals surface area contributed by atoms with E-state index in [9.17, 15) is 24.5 Å². The van der Waals surface area contributed by atoms with Crippen LogP contribution in [0, 0.1) is 24.0 Å². The summed E-state index contributed by atoms with van der Waals surface area (Å²) in [6.07, 6.45) is 0. The number of nitrogens with zero attached hydrogens (tertiary/aromatic N) is 2. The fraction of sp³-hybridized carbons (Fsp3) is 0.0870. The molecule has 0 saturated heterocycles. The zero-order chi connectivity index (χ0) is 22.3. The lowest BCUT2D eigenvalue weighted by molar-refractivity contribution is -0.385. The van der Waals surface area contributed by atoms with Crippen LogP contribution in [-0.4, -0.2) is 22.6 Å². The molecule has 154 valence electrons. The van der Waals surface area contributed by atoms with Crippen LogP contribution in [0.4, 0.5) is 17.1 Å². The maximum atomic E-state index is 12.9. The molecule has 1 aliphatic heterocycles. The zero-order valence-corrected chi connectivity index (χ0v) is 16.7. The Morgan fingerprint density at radius 1 is 0.968 bits per heavy atom. The van der Waals surface area contributed by atoms with Crippen LogP contribution in [0.3, 0.4) is 0 Å². The fourth-order valence-electron chi connectivity index (χ4n) is 3.52. The standard InChI is InChI=1S/C23H17N3O5/c1-13-6-3-10-18(14(13)2)24-21(27)15-7-4-8-16(12-15)25-22(28)17-9-5-11-19(26(30)31)20(17)23(25)29/h3-12H,1-2H3,(H,24,27). The van der Waals surface area contributed by atoms with Gasteiger partial charge >= 0.3 is 0 Å². The number of nitro groups is 1. The number of carbonyl (C=O) groups is 3. The summed E-state index contributed by atoms with van der Waals surface area (Å²) in [6.45, 7) is 3.83. The number of nitrogens with one attached hydrogen (secondary N) is 1. The summed E-state index contributed by atoms with van der Waals surface area (Å²) >= 11 is 0. The van der Waals surface area contributed by atoms with Crippen LogP contribution in [0.2, 0.25) is 0 Å². The molecule has 4 rings (SSSR count). The van der Waals surface area contributed by atoms with Gasteiger partial charge in [0.05, 0.1) is 16.2 Å². The maximum Gasteiger partial charge on any atom is 0.283 e. The molecule has 8 heteroatoms. The van der Waals surface area contributed by atoms with Crippen molar-refractivity contribution in [2.24, 2.45) is 0 Å². The predicted molar refractivity (Wildman–Crippen MR) is 115 cm³/mol. The summed E-state index contributed by atoms with van der Waals surface area (Å²) in [5, 5.41) is 14.1. The van der Waals surface area contributed by atoms with Gasteiger partial charge in [-0.15, -0.1) is 0 Å². The summed E-state index contributed by atoms with van der Waals surface area (Å²) in [4.78, 5) is 49.9. The topological polar surface area (TPSA) is 110 Å². The first-order valence-corrected chi connectivity index (χ1v) is 9.43. The van der Waals surface area contributed by atoms with Crippen molar-refractivity contribution < 1.29 is 19.3 Å². The number of carbonyl (C=O) groups excluding carboxylic acids is 3. The molecule has 0 atom stereocenters. The molecule has 0 aliphatic carbocycles. The van der Waals surface area contributed by atoms with Gasteiger partial charge in [-0.2, -0.15) is 0 Å². The van der Waals surface area contributed by atoms with E-state index in [-0.39, 0.29) is 22.4 Å². The Hall–Kier alpha value is -4.33. The van der Waals surface area contributed by atoms with Crippen molar-refractivity contribution in [2.75, 3.05) is 10.2 Å². The largest absolute Gasteiger partial charge is 0.322 e. The van der Waals surface area contributed by atoms with Gasteiger partial charge in [0.2, 0.25) is 0 Å². The SMILES string of the molecule is Cc1cccc(NC(=O)c2cccc(N3C(=O)c4cccc([N+](=O)[O-])c4C3=O)c2)c1C. The van der Waals surface area contributed by atoms with E-state index in [2.05, 4.69) is 5.32 Å². The van der Waals surface area contributed by atoms with Crippen LogP contribution >= 0.6 is 0 Å². The molecule has 3 aromatic rings. The average molecular weight is 415 g/mol. The highest BCUT2D eigenvalue weighted by molar-refractivity contribution is 6.35. The first-order valence-electron chi connectivity index (χ1n) is 9.43. The summed E-state index contributed by atoms with van der Waals surface area (Å²) in [5.41, 5.74) is 2.30. The molecule has 3 aromatic carbocycles. The molecule has 3 amide bonds. The molecule has 0 spiro atoms. The second-order valence-corrected chi connectivity index (χ2v) is 7.15. The lowest BCUT2D eigenvalue weighted by Crippen LogP contribution is -2.29. The molecule has 0 radical (unpaired) electrons. The summed E-state index contributed by atoms with van der Waals surface area (Å²) in [6, 6.07) is 15.5. The minimum absolute atomic E-state index is 0.0376. The van der Waals surface area contributed by atoms with Gasteiger partial charge < -0.3 is 5.32 Å². The number of fused-ring (bicyclic) bond motifs is 1. The van der Waals surface area contributed by atoms with Crippen LogP contribution in [0.1, 0.15) is 42.2 Å². The highest BCUT2D eigenvalue weighted by Crippen LogP contribution is 2.34. The van der Waals surface area contributed by atoms with E-state index in [4.69, 9.17) is 0 Å². The van der Waals surface area contributed by atoms with Gasteiger partial charge in [-0.1, -0.05) is 24.3 Å². The number of hydrogen-bond acceptors (Lipinski definition) is 5. The quantitative estimate of drug-likeness (QED) is 0.389. The predicted octanol–water partition coefficient (Wildman–Crippen LogP) is 4.26. The zero-order valence-electron chi connectivity index (χ0n) is 16.7. The Morgan fingerprint density at radius 2 is 1.68 bits per heavy atom. The molecule has 1 N–H and O–H groups in total. The normalized spacial score (nSPS) is 12.6. The van der Waals surface area contributed by atoms with Crippen molar-refractivity contribution >= 4 is 34.8 Å². The molecular formula is C23H17N3O5. The van der Waals surface area contributed by atoms with E-state index >= 15 is 0 Å². The van der Waals surface area contributed by atoms with Gasteiger partial charge in [0.15, 0.2) is 0 Å². The first kappa shape index (κ1) is 20.0. The number of imide groups is 1. The van der Waals surface area contributed by atoms with Crippen molar-refractivity contribution in [3.63, 3.8) is 0 Å². The fourth-order valence-corrected chi connectivity index (χ4v) is 3.52. The number of rotatable bonds is 4. The summed E-state index contributed by atoms with van der Waals surface area (Å²) < 4.78 is 0. The molecule has 0 unspecified atom stereocenters. The lowest BCUT2D eigenvalue weighted by Gasteiger charge is -2.15. The van der Waals surface area contributed by atoms with Gasteiger partial charge in [0, 0.05) is 17.3 Å². The van der Waals surface area contributed by atoms with Gasteiger partial charge in [0.25, 0.3) is 23.4 Å². The number of amides is 3. The number of aryl methyl sites for hydroxylation is 1. The Morgan fingerprint density at radius 3 is 2.42 bits per heavy atom. The molecule has 0 saturated carbocycles. The number of nitro benzene ring substituents is 1. The molecule has 1 aliphatic rings. The van der Waals surface area contributed by atoms with E-state index in [1.165, 1.54) is 30.3 Å². The molecule has 0 bridgehead atoms. The minimum atomic E-state index is -0.792. The number of anilines is 2. The highest BCUT2D eigenvalue weighted by Gasteiger charge is 2.41. The van der Waals surface area contributed by atoms with Crippen LogP contribution in [0.15, 0.2) is 60.7 Å². The summed E-state index contributed by atoms with van der Waals surface area (Å²) in [5.74, 6) is -1.87. The van der Waals surface area contributed by atoms with Crippen molar-refractivity contribution in [1.29, 1.82) is 0 Å². The van der Waals surface area contributed by atoms with E-state index in [1.54, 1.807) is 18.2 Å². The third-order valence-electron chi connectivity index (χ3n) is 5.31. The van der Waals surface area contributed by atoms with Crippen molar-refractivity contribution in [1.82, 2.24) is 0 Å². The van der Waals surface area contributed by atoms with Gasteiger partial charge in [-0.3, -0.25) is 24.5 Å². The second-order valence-electron chi connectivity index (χ2n) is 7.15. The first-order chi connectivity index (χ1) is 14.8. The molecule has 31 heavy (non-hydrogen) atoms. The Kier molecular flexibility index (Phi) is 4.82. The van der Waals surface area contributed by atoms with Crippen molar-refractivity contribution in [3.05, 3.63) is 98.6 Å². The van der Waals surface area contributed by atoms with E-state index < -0.39 is 28.3 Å². The van der Waals surface area contributed by atoms with Crippen LogP contribution in [-0.2, 0) is 0 Å². The van der Waals surface area contributed by atoms with Gasteiger partial charge in [-0.05, 0) is 55.3 Å². The van der Waals surface area contributed by atoms with Gasteiger partial charge in [0.1, 0.15) is 5.56 Å². The molecule has 0 aromatic heterocycles. The minimum Gasteiger partial charge on any atom is -0.322 e. The number of hydrogen-bond donors (Lipinski definition) is 1. The van der Waals surface area contributed by atoms with Crippen LogP contribution in [0.5, 0.6) is 0 Å². The average Bonchev–Trinajstić information content (AvgIpc) is 3.01. The second kappa shape index (κ2) is 7.49. The van der Waals surface area contributed by atoms with Crippen LogP contribution in [0.25, 0.3) is 0 Å². The smallest absolute Gasteiger partial charge is 0.283 e. The van der Waals surface area contributed by atoms with Crippen molar-refractivity contribution in [3.8, 4) is 0 Å². The lowest BCUT2D eigenvalue weighted by atomic mass is 10.1. The molecular weight excluding hydrogens is 398 g/mol. The maximum absolute atomic E-state index is 12.9.